The number of hydrogen-bond acceptors (Lipinski definition) is 3. The summed E-state index contributed by atoms with van der Waals surface area (Å²) in [5.74, 6) is 0.654. The first-order valence-corrected chi connectivity index (χ1v) is 5.40. The van der Waals surface area contributed by atoms with Gasteiger partial charge in [-0.05, 0) is 35.0 Å². The van der Waals surface area contributed by atoms with Crippen molar-refractivity contribution in [3.8, 4) is 5.75 Å². The van der Waals surface area contributed by atoms with Crippen molar-refractivity contribution in [2.75, 3.05) is 7.11 Å². The molecule has 0 bridgehead atoms. The Morgan fingerprint density at radius 1 is 1.43 bits per heavy atom. The number of rotatable bonds is 2. The molecule has 1 rings (SSSR count). The molecule has 0 fully saturated rings. The van der Waals surface area contributed by atoms with Gasteiger partial charge in [-0.1, -0.05) is 21.1 Å². The monoisotopic (exact) mass is 321 g/mol. The fourth-order valence-corrected chi connectivity index (χ4v) is 2.59. The zero-order valence-corrected chi connectivity index (χ0v) is 10.9. The van der Waals surface area contributed by atoms with E-state index < -0.39 is 0 Å². The number of hydrogen-bond donors (Lipinski definition) is 1. The molecule has 0 spiro atoms. The Balaban J connectivity index is 3.40. The first kappa shape index (κ1) is 11.5. The lowest BCUT2D eigenvalue weighted by atomic mass is 10.1. The van der Waals surface area contributed by atoms with Crippen LogP contribution in [0.3, 0.4) is 0 Å². The fourth-order valence-electron chi connectivity index (χ4n) is 1.11. The summed E-state index contributed by atoms with van der Waals surface area (Å²) < 4.78 is 6.90. The van der Waals surface area contributed by atoms with Crippen molar-refractivity contribution in [2.24, 2.45) is 5.16 Å². The molecule has 0 radical (unpaired) electrons. The third-order valence-electron chi connectivity index (χ3n) is 1.75. The molecule has 0 atom stereocenters. The molecule has 0 aliphatic carbocycles. The first-order valence-electron chi connectivity index (χ1n) is 3.82. The van der Waals surface area contributed by atoms with Crippen LogP contribution in [0.15, 0.2) is 26.2 Å². The lowest BCUT2D eigenvalue weighted by molar-refractivity contribution is 0.318. The second-order valence-corrected chi connectivity index (χ2v) is 4.42. The molecule has 0 aliphatic heterocycles. The normalized spacial score (nSPS) is 11.6. The Labute approximate surface area is 99.0 Å². The first-order chi connectivity index (χ1) is 6.60. The maximum absolute atomic E-state index is 8.70. The maximum atomic E-state index is 8.70. The van der Waals surface area contributed by atoms with Crippen LogP contribution >= 0.6 is 31.9 Å². The molecular formula is C9H9Br2NO2. The van der Waals surface area contributed by atoms with E-state index in [2.05, 4.69) is 37.0 Å². The zero-order valence-electron chi connectivity index (χ0n) is 7.71. The minimum absolute atomic E-state index is 0.501. The van der Waals surface area contributed by atoms with E-state index in [1.54, 1.807) is 14.0 Å². The second kappa shape index (κ2) is 4.79. The third kappa shape index (κ3) is 2.27. The third-order valence-corrected chi connectivity index (χ3v) is 2.83. The minimum Gasteiger partial charge on any atom is -0.496 e. The molecule has 1 aromatic carbocycles. The molecule has 1 N–H and O–H groups in total. The highest BCUT2D eigenvalue weighted by Gasteiger charge is 2.12. The van der Waals surface area contributed by atoms with E-state index in [1.807, 2.05) is 12.1 Å². The van der Waals surface area contributed by atoms with E-state index >= 15 is 0 Å². The van der Waals surface area contributed by atoms with Gasteiger partial charge in [-0.3, -0.25) is 0 Å². The van der Waals surface area contributed by atoms with Crippen molar-refractivity contribution in [2.45, 2.75) is 6.92 Å². The van der Waals surface area contributed by atoms with Crippen molar-refractivity contribution in [1.82, 2.24) is 0 Å². The van der Waals surface area contributed by atoms with Gasteiger partial charge in [-0.25, -0.2) is 0 Å². The van der Waals surface area contributed by atoms with Crippen molar-refractivity contribution in [1.29, 1.82) is 0 Å². The summed E-state index contributed by atoms with van der Waals surface area (Å²) in [4.78, 5) is 0. The van der Waals surface area contributed by atoms with E-state index in [0.717, 1.165) is 14.5 Å². The summed E-state index contributed by atoms with van der Waals surface area (Å²) in [5.41, 5.74) is 1.25. The van der Waals surface area contributed by atoms with Gasteiger partial charge in [0.1, 0.15) is 5.75 Å². The summed E-state index contributed by atoms with van der Waals surface area (Å²) in [6.07, 6.45) is 0. The molecule has 0 amide bonds. The zero-order chi connectivity index (χ0) is 10.7. The lowest BCUT2D eigenvalue weighted by Crippen LogP contribution is -2.00. The number of oxime groups is 1. The second-order valence-electron chi connectivity index (χ2n) is 2.65. The van der Waals surface area contributed by atoms with Gasteiger partial charge in [-0.2, -0.15) is 0 Å². The highest BCUT2D eigenvalue weighted by molar-refractivity contribution is 9.11. The SMILES string of the molecule is COc1cc(Br)cc(Br)c1C(C)=NO. The van der Waals surface area contributed by atoms with Gasteiger partial charge in [0.05, 0.1) is 18.4 Å². The molecule has 5 heteroatoms. The van der Waals surface area contributed by atoms with Crippen LogP contribution in [0.1, 0.15) is 12.5 Å². The van der Waals surface area contributed by atoms with E-state index in [0.29, 0.717) is 11.5 Å². The smallest absolute Gasteiger partial charge is 0.130 e. The average molecular weight is 323 g/mol. The van der Waals surface area contributed by atoms with Gasteiger partial charge in [-0.15, -0.1) is 0 Å². The van der Waals surface area contributed by atoms with E-state index in [9.17, 15) is 0 Å². The standard InChI is InChI=1S/C9H9Br2NO2/c1-5(12-13)9-7(11)3-6(10)4-8(9)14-2/h3-4,13H,1-2H3. The van der Waals surface area contributed by atoms with E-state index in [4.69, 9.17) is 9.94 Å². The van der Waals surface area contributed by atoms with Crippen LogP contribution in [0.25, 0.3) is 0 Å². The van der Waals surface area contributed by atoms with Crippen molar-refractivity contribution >= 4 is 37.6 Å². The average Bonchev–Trinajstić information content (AvgIpc) is 2.15. The van der Waals surface area contributed by atoms with E-state index in [-0.39, 0.29) is 0 Å². The van der Waals surface area contributed by atoms with Gasteiger partial charge < -0.3 is 9.94 Å². The molecule has 1 aromatic rings. The topological polar surface area (TPSA) is 41.8 Å². The molecule has 76 valence electrons. The Bertz CT molecular complexity index is 377. The number of ether oxygens (including phenoxy) is 1. The van der Waals surface area contributed by atoms with Crippen molar-refractivity contribution in [3.05, 3.63) is 26.6 Å². The van der Waals surface area contributed by atoms with Crippen LogP contribution in [-0.4, -0.2) is 18.0 Å². The molecule has 0 aliphatic rings. The van der Waals surface area contributed by atoms with Gasteiger partial charge in [0.15, 0.2) is 0 Å². The number of methoxy groups -OCH3 is 1. The molecule has 0 saturated heterocycles. The fraction of sp³-hybridized carbons (Fsp3) is 0.222. The van der Waals surface area contributed by atoms with Crippen LogP contribution < -0.4 is 4.74 Å². The molecule has 0 saturated carbocycles. The summed E-state index contributed by atoms with van der Waals surface area (Å²) in [5, 5.41) is 11.9. The van der Waals surface area contributed by atoms with Crippen LogP contribution in [0.4, 0.5) is 0 Å². The summed E-state index contributed by atoms with van der Waals surface area (Å²) in [7, 11) is 1.57. The summed E-state index contributed by atoms with van der Waals surface area (Å²) >= 11 is 6.72. The minimum atomic E-state index is 0.501. The van der Waals surface area contributed by atoms with Crippen LogP contribution in [0.2, 0.25) is 0 Å². The number of halogens is 2. The van der Waals surface area contributed by atoms with Crippen molar-refractivity contribution < 1.29 is 9.94 Å². The number of benzene rings is 1. The van der Waals surface area contributed by atoms with Gasteiger partial charge >= 0.3 is 0 Å². The number of nitrogens with zero attached hydrogens (tertiary/aromatic N) is 1. The van der Waals surface area contributed by atoms with Gasteiger partial charge in [0, 0.05) is 8.95 Å². The highest BCUT2D eigenvalue weighted by Crippen LogP contribution is 2.31. The predicted molar refractivity (Wildman–Crippen MR) is 62.4 cm³/mol. The molecule has 0 unspecified atom stereocenters. The van der Waals surface area contributed by atoms with Gasteiger partial charge in [0.25, 0.3) is 0 Å². The summed E-state index contributed by atoms with van der Waals surface area (Å²) in [6, 6.07) is 3.68. The van der Waals surface area contributed by atoms with Crippen LogP contribution in [-0.2, 0) is 0 Å². The lowest BCUT2D eigenvalue weighted by Gasteiger charge is -2.09. The van der Waals surface area contributed by atoms with Crippen molar-refractivity contribution in [3.63, 3.8) is 0 Å². The summed E-state index contributed by atoms with van der Waals surface area (Å²) in [6.45, 7) is 1.70. The largest absolute Gasteiger partial charge is 0.496 e. The Morgan fingerprint density at radius 2 is 2.07 bits per heavy atom. The van der Waals surface area contributed by atoms with Crippen LogP contribution in [0, 0.1) is 0 Å². The van der Waals surface area contributed by atoms with E-state index in [1.165, 1.54) is 0 Å². The molecule has 0 aromatic heterocycles. The van der Waals surface area contributed by atoms with Crippen LogP contribution in [0.5, 0.6) is 5.75 Å². The highest BCUT2D eigenvalue weighted by atomic mass is 79.9. The Hall–Kier alpha value is -0.550. The molecule has 14 heavy (non-hydrogen) atoms. The predicted octanol–water partition coefficient (Wildman–Crippen LogP) is 3.42. The maximum Gasteiger partial charge on any atom is 0.130 e. The quantitative estimate of drug-likeness (QED) is 0.515. The van der Waals surface area contributed by atoms with Gasteiger partial charge in [0.2, 0.25) is 0 Å². The Kier molecular flexibility index (Phi) is 3.95. The molecule has 3 nitrogen and oxygen atoms in total. The molecular weight excluding hydrogens is 314 g/mol. The Morgan fingerprint density at radius 3 is 2.57 bits per heavy atom. The molecule has 0 heterocycles.